The Balaban J connectivity index is 2.07. The van der Waals surface area contributed by atoms with Gasteiger partial charge >= 0.3 is 0 Å². The zero-order valence-corrected chi connectivity index (χ0v) is 11.9. The van der Waals surface area contributed by atoms with Crippen molar-refractivity contribution in [3.05, 3.63) is 40.3 Å². The number of nitrogens with two attached hydrogens (primary N) is 1. The van der Waals surface area contributed by atoms with Crippen LogP contribution in [0.25, 0.3) is 0 Å². The van der Waals surface area contributed by atoms with Crippen molar-refractivity contribution in [3.63, 3.8) is 0 Å². The van der Waals surface area contributed by atoms with E-state index in [0.29, 0.717) is 12.3 Å². The monoisotopic (exact) mass is 296 g/mol. The van der Waals surface area contributed by atoms with Gasteiger partial charge in [-0.05, 0) is 29.3 Å². The molecule has 0 saturated heterocycles. The smallest absolute Gasteiger partial charge is 0.167 e. The van der Waals surface area contributed by atoms with Crippen molar-refractivity contribution in [1.29, 1.82) is 0 Å². The number of nitrogen functional groups attached to an aromatic ring is 1. The summed E-state index contributed by atoms with van der Waals surface area (Å²) in [5, 5.41) is 16.8. The van der Waals surface area contributed by atoms with Crippen LogP contribution >= 0.6 is 11.3 Å². The summed E-state index contributed by atoms with van der Waals surface area (Å²) in [6.07, 6.45) is -0.638. The number of anilines is 2. The number of aliphatic hydroxyl groups excluding tert-OH is 1. The molecule has 6 heteroatoms. The van der Waals surface area contributed by atoms with Gasteiger partial charge in [0.1, 0.15) is 0 Å². The van der Waals surface area contributed by atoms with Crippen molar-refractivity contribution >= 4 is 22.7 Å². The molecule has 0 aliphatic carbocycles. The van der Waals surface area contributed by atoms with Gasteiger partial charge in [0.05, 0.1) is 24.1 Å². The highest BCUT2D eigenvalue weighted by Crippen LogP contribution is 2.29. The second-order valence-corrected chi connectivity index (χ2v) is 5.04. The van der Waals surface area contributed by atoms with Gasteiger partial charge in [0.25, 0.3) is 0 Å². The summed E-state index contributed by atoms with van der Waals surface area (Å²) in [5.74, 6) is -0.345. The van der Waals surface area contributed by atoms with Gasteiger partial charge in [0.2, 0.25) is 0 Å². The summed E-state index contributed by atoms with van der Waals surface area (Å²) in [7, 11) is 0. The third kappa shape index (κ3) is 3.40. The first-order valence-electron chi connectivity index (χ1n) is 6.27. The summed E-state index contributed by atoms with van der Waals surface area (Å²) in [6, 6.07) is 4.58. The lowest BCUT2D eigenvalue weighted by atomic mass is 10.2. The normalized spacial score (nSPS) is 12.2. The van der Waals surface area contributed by atoms with Gasteiger partial charge in [-0.15, -0.1) is 0 Å². The highest BCUT2D eigenvalue weighted by atomic mass is 32.1. The first kappa shape index (κ1) is 14.6. The van der Waals surface area contributed by atoms with E-state index in [2.05, 4.69) is 5.32 Å². The van der Waals surface area contributed by atoms with Crippen molar-refractivity contribution in [1.82, 2.24) is 0 Å². The van der Waals surface area contributed by atoms with Gasteiger partial charge in [0, 0.05) is 18.7 Å². The summed E-state index contributed by atoms with van der Waals surface area (Å²) in [6.45, 7) is 2.44. The summed E-state index contributed by atoms with van der Waals surface area (Å²) in [4.78, 5) is 0. The number of halogens is 1. The van der Waals surface area contributed by atoms with Crippen LogP contribution in [0.2, 0.25) is 0 Å². The number of rotatable bonds is 6. The maximum atomic E-state index is 13.6. The molecule has 2 aromatic rings. The molecule has 0 radical (unpaired) electrons. The fourth-order valence-electron chi connectivity index (χ4n) is 1.78. The van der Waals surface area contributed by atoms with Crippen LogP contribution in [0.15, 0.2) is 29.0 Å². The van der Waals surface area contributed by atoms with Gasteiger partial charge < -0.3 is 20.9 Å². The van der Waals surface area contributed by atoms with Crippen LogP contribution in [-0.4, -0.2) is 18.3 Å². The van der Waals surface area contributed by atoms with Crippen LogP contribution in [-0.2, 0) is 0 Å². The molecule has 0 amide bonds. The number of thiophene rings is 1. The molecular weight excluding hydrogens is 279 g/mol. The quantitative estimate of drug-likeness (QED) is 0.717. The molecule has 4 N–H and O–H groups in total. The molecular formula is C14H17FN2O2S. The van der Waals surface area contributed by atoms with Crippen molar-refractivity contribution in [3.8, 4) is 5.75 Å². The van der Waals surface area contributed by atoms with E-state index in [1.54, 1.807) is 6.92 Å². The first-order valence-corrected chi connectivity index (χ1v) is 7.22. The minimum atomic E-state index is -0.638. The molecule has 1 aromatic heterocycles. The number of benzene rings is 1. The summed E-state index contributed by atoms with van der Waals surface area (Å²) >= 11 is 1.52. The number of hydrogen-bond acceptors (Lipinski definition) is 5. The van der Waals surface area contributed by atoms with Crippen LogP contribution < -0.4 is 15.8 Å². The number of hydrogen-bond donors (Lipinski definition) is 3. The van der Waals surface area contributed by atoms with E-state index in [1.807, 2.05) is 16.8 Å². The number of aliphatic hydroxyl groups is 1. The molecule has 20 heavy (non-hydrogen) atoms. The van der Waals surface area contributed by atoms with E-state index in [4.69, 9.17) is 10.5 Å². The van der Waals surface area contributed by atoms with Crippen molar-refractivity contribution in [2.75, 3.05) is 24.2 Å². The Bertz CT molecular complexity index is 561. The second kappa shape index (κ2) is 6.58. The highest BCUT2D eigenvalue weighted by Gasteiger charge is 2.11. The summed E-state index contributed by atoms with van der Waals surface area (Å²) < 4.78 is 18.7. The summed E-state index contributed by atoms with van der Waals surface area (Å²) in [5.41, 5.74) is 7.42. The van der Waals surface area contributed by atoms with Crippen molar-refractivity contribution < 1.29 is 14.2 Å². The van der Waals surface area contributed by atoms with E-state index in [-0.39, 0.29) is 18.0 Å². The molecule has 108 valence electrons. The lowest BCUT2D eigenvalue weighted by molar-refractivity contribution is 0.192. The molecule has 0 bridgehead atoms. The predicted octanol–water partition coefficient (Wildman–Crippen LogP) is 3.01. The third-order valence-corrected chi connectivity index (χ3v) is 3.52. The Labute approximate surface area is 121 Å². The molecule has 0 saturated carbocycles. The maximum absolute atomic E-state index is 13.6. The van der Waals surface area contributed by atoms with Crippen LogP contribution in [0.3, 0.4) is 0 Å². The van der Waals surface area contributed by atoms with Gasteiger partial charge in [0.15, 0.2) is 11.6 Å². The minimum absolute atomic E-state index is 0.147. The Morgan fingerprint density at radius 2 is 2.30 bits per heavy atom. The van der Waals surface area contributed by atoms with Crippen molar-refractivity contribution in [2.45, 2.75) is 13.0 Å². The van der Waals surface area contributed by atoms with Gasteiger partial charge in [-0.25, -0.2) is 4.39 Å². The Kier molecular flexibility index (Phi) is 4.81. The number of ether oxygens (including phenoxy) is 1. The molecule has 0 fully saturated rings. The average molecular weight is 296 g/mol. The molecule has 1 heterocycles. The fraction of sp³-hybridized carbons (Fsp3) is 0.286. The van der Waals surface area contributed by atoms with E-state index < -0.39 is 11.9 Å². The third-order valence-electron chi connectivity index (χ3n) is 2.82. The first-order chi connectivity index (χ1) is 9.61. The molecule has 2 rings (SSSR count). The molecule has 1 unspecified atom stereocenters. The maximum Gasteiger partial charge on any atom is 0.167 e. The molecule has 1 aromatic carbocycles. The molecule has 0 aliphatic heterocycles. The Hall–Kier alpha value is -1.79. The fourth-order valence-corrected chi connectivity index (χ4v) is 2.48. The lowest BCUT2D eigenvalue weighted by Gasteiger charge is -2.15. The van der Waals surface area contributed by atoms with E-state index in [1.165, 1.54) is 23.5 Å². The topological polar surface area (TPSA) is 67.5 Å². The van der Waals surface area contributed by atoms with Gasteiger partial charge in [-0.3, -0.25) is 0 Å². The Morgan fingerprint density at radius 3 is 2.95 bits per heavy atom. The highest BCUT2D eigenvalue weighted by molar-refractivity contribution is 7.07. The average Bonchev–Trinajstić information content (AvgIpc) is 2.94. The van der Waals surface area contributed by atoms with Crippen molar-refractivity contribution in [2.24, 2.45) is 0 Å². The van der Waals surface area contributed by atoms with Crippen LogP contribution in [0.5, 0.6) is 5.75 Å². The second-order valence-electron chi connectivity index (χ2n) is 4.26. The van der Waals surface area contributed by atoms with Gasteiger partial charge in [-0.1, -0.05) is 0 Å². The molecule has 4 nitrogen and oxygen atoms in total. The number of nitrogens with one attached hydrogen (secondary N) is 1. The zero-order valence-electron chi connectivity index (χ0n) is 11.1. The molecule has 0 spiro atoms. The largest absolute Gasteiger partial charge is 0.491 e. The van der Waals surface area contributed by atoms with E-state index in [9.17, 15) is 9.50 Å². The SMILES string of the molecule is CCOc1cc(NCC(O)c2ccsc2)c(N)cc1F. The van der Waals surface area contributed by atoms with Crippen LogP contribution in [0.4, 0.5) is 15.8 Å². The van der Waals surface area contributed by atoms with E-state index in [0.717, 1.165) is 5.56 Å². The predicted molar refractivity (Wildman–Crippen MR) is 79.7 cm³/mol. The Morgan fingerprint density at radius 1 is 1.50 bits per heavy atom. The van der Waals surface area contributed by atoms with E-state index >= 15 is 0 Å². The molecule has 1 atom stereocenters. The van der Waals surface area contributed by atoms with Gasteiger partial charge in [-0.2, -0.15) is 11.3 Å². The minimum Gasteiger partial charge on any atom is -0.491 e. The van der Waals surface area contributed by atoms with Crippen LogP contribution in [0.1, 0.15) is 18.6 Å². The standard InChI is InChI=1S/C14H17FN2O2S/c1-2-19-14-6-12(11(16)5-10(14)15)17-7-13(18)9-3-4-20-8-9/h3-6,8,13,17-18H,2,7,16H2,1H3. The zero-order chi connectivity index (χ0) is 14.5. The molecule has 0 aliphatic rings. The lowest BCUT2D eigenvalue weighted by Crippen LogP contribution is -2.13. The van der Waals surface area contributed by atoms with Crippen LogP contribution in [0, 0.1) is 5.82 Å².